The molecule has 0 atom stereocenters. The van der Waals surface area contributed by atoms with Gasteiger partial charge in [-0.2, -0.15) is 0 Å². The van der Waals surface area contributed by atoms with Gasteiger partial charge in [0.1, 0.15) is 0 Å². The maximum Gasteiger partial charge on any atom is 0.317 e. The largest absolute Gasteiger partial charge is 0.368 e. The van der Waals surface area contributed by atoms with Crippen LogP contribution in [0.3, 0.4) is 0 Å². The average Bonchev–Trinajstić information content (AvgIpc) is 2.67. The van der Waals surface area contributed by atoms with Gasteiger partial charge in [-0.25, -0.2) is 13.2 Å². The standard InChI is InChI=1S/C19H24N4O3S/c1-27(25,26)21-18-10-6-5-7-16(18)15-20-19(24)23-13-11-22(12-14-23)17-8-3-2-4-9-17/h2-10,21H,11-15H2,1H3,(H,20,24). The fourth-order valence-electron chi connectivity index (χ4n) is 3.06. The lowest BCUT2D eigenvalue weighted by Crippen LogP contribution is -2.51. The molecule has 1 saturated heterocycles. The van der Waals surface area contributed by atoms with Crippen molar-refractivity contribution in [3.8, 4) is 0 Å². The average molecular weight is 388 g/mol. The minimum absolute atomic E-state index is 0.142. The van der Waals surface area contributed by atoms with Crippen LogP contribution in [0.5, 0.6) is 0 Å². The Morgan fingerprint density at radius 1 is 0.963 bits per heavy atom. The van der Waals surface area contributed by atoms with Crippen LogP contribution in [0.1, 0.15) is 5.56 Å². The molecule has 0 radical (unpaired) electrons. The van der Waals surface area contributed by atoms with Crippen LogP contribution in [0, 0.1) is 0 Å². The minimum atomic E-state index is -3.37. The first kappa shape index (κ1) is 19.0. The number of carbonyl (C=O) groups excluding carboxylic acids is 1. The van der Waals surface area contributed by atoms with Crippen molar-refractivity contribution in [1.82, 2.24) is 10.2 Å². The van der Waals surface area contributed by atoms with E-state index in [-0.39, 0.29) is 12.6 Å². The number of para-hydroxylation sites is 2. The number of anilines is 2. The van der Waals surface area contributed by atoms with E-state index >= 15 is 0 Å². The van der Waals surface area contributed by atoms with Gasteiger partial charge in [0.05, 0.1) is 11.9 Å². The molecule has 0 aromatic heterocycles. The predicted molar refractivity (Wildman–Crippen MR) is 107 cm³/mol. The molecule has 0 saturated carbocycles. The number of nitrogens with one attached hydrogen (secondary N) is 2. The molecule has 1 aliphatic rings. The fraction of sp³-hybridized carbons (Fsp3) is 0.316. The van der Waals surface area contributed by atoms with Crippen LogP contribution in [0.2, 0.25) is 0 Å². The van der Waals surface area contributed by atoms with Crippen LogP contribution in [0.4, 0.5) is 16.2 Å². The van der Waals surface area contributed by atoms with Crippen LogP contribution in [0.25, 0.3) is 0 Å². The highest BCUT2D eigenvalue weighted by Gasteiger charge is 2.21. The van der Waals surface area contributed by atoms with Gasteiger partial charge in [0, 0.05) is 38.4 Å². The molecule has 1 heterocycles. The number of benzene rings is 2. The summed E-state index contributed by atoms with van der Waals surface area (Å²) >= 11 is 0. The summed E-state index contributed by atoms with van der Waals surface area (Å²) in [5.41, 5.74) is 2.37. The van der Waals surface area contributed by atoms with E-state index in [4.69, 9.17) is 0 Å². The van der Waals surface area contributed by atoms with Crippen molar-refractivity contribution in [2.24, 2.45) is 0 Å². The maximum absolute atomic E-state index is 12.5. The van der Waals surface area contributed by atoms with E-state index in [1.165, 1.54) is 5.69 Å². The number of hydrogen-bond acceptors (Lipinski definition) is 4. The Kier molecular flexibility index (Phi) is 5.85. The third-order valence-corrected chi connectivity index (χ3v) is 5.02. The van der Waals surface area contributed by atoms with Gasteiger partial charge >= 0.3 is 6.03 Å². The number of urea groups is 1. The first-order valence-electron chi connectivity index (χ1n) is 8.81. The lowest BCUT2D eigenvalue weighted by molar-refractivity contribution is 0.194. The third kappa shape index (κ3) is 5.37. The summed E-state index contributed by atoms with van der Waals surface area (Å²) in [6, 6.07) is 17.0. The van der Waals surface area contributed by atoms with Crippen LogP contribution < -0.4 is 14.9 Å². The maximum atomic E-state index is 12.5. The SMILES string of the molecule is CS(=O)(=O)Nc1ccccc1CNC(=O)N1CCN(c2ccccc2)CC1. The van der Waals surface area contributed by atoms with Gasteiger partial charge in [-0.15, -0.1) is 0 Å². The molecule has 1 fully saturated rings. The fourth-order valence-corrected chi connectivity index (χ4v) is 3.66. The van der Waals surface area contributed by atoms with Gasteiger partial charge in [0.15, 0.2) is 0 Å². The summed E-state index contributed by atoms with van der Waals surface area (Å²) in [4.78, 5) is 16.5. The van der Waals surface area contributed by atoms with Crippen LogP contribution in [0.15, 0.2) is 54.6 Å². The Labute approximate surface area is 160 Å². The highest BCUT2D eigenvalue weighted by Crippen LogP contribution is 2.17. The summed E-state index contributed by atoms with van der Waals surface area (Å²) in [6.45, 7) is 3.11. The van der Waals surface area contributed by atoms with E-state index < -0.39 is 10.0 Å². The monoisotopic (exact) mass is 388 g/mol. The number of piperazine rings is 1. The molecule has 0 bridgehead atoms. The first-order valence-corrected chi connectivity index (χ1v) is 10.7. The Hall–Kier alpha value is -2.74. The number of hydrogen-bond donors (Lipinski definition) is 2. The zero-order valence-electron chi connectivity index (χ0n) is 15.3. The number of amides is 2. The van der Waals surface area contributed by atoms with Crippen molar-refractivity contribution in [3.05, 3.63) is 60.2 Å². The Balaban J connectivity index is 1.54. The van der Waals surface area contributed by atoms with Crippen molar-refractivity contribution < 1.29 is 13.2 Å². The van der Waals surface area contributed by atoms with Crippen molar-refractivity contribution in [2.45, 2.75) is 6.54 Å². The molecule has 3 rings (SSSR count). The molecular weight excluding hydrogens is 364 g/mol. The number of carbonyl (C=O) groups is 1. The molecule has 0 aliphatic carbocycles. The van der Waals surface area contributed by atoms with E-state index in [2.05, 4.69) is 27.1 Å². The number of sulfonamides is 1. The number of nitrogens with zero attached hydrogens (tertiary/aromatic N) is 2. The molecule has 1 aliphatic heterocycles. The highest BCUT2D eigenvalue weighted by molar-refractivity contribution is 7.92. The molecule has 0 spiro atoms. The van der Waals surface area contributed by atoms with Gasteiger partial charge < -0.3 is 15.1 Å². The predicted octanol–water partition coefficient (Wildman–Crippen LogP) is 2.09. The second-order valence-electron chi connectivity index (χ2n) is 6.50. The van der Waals surface area contributed by atoms with Crippen molar-refractivity contribution >= 4 is 27.4 Å². The van der Waals surface area contributed by atoms with Crippen LogP contribution in [-0.2, 0) is 16.6 Å². The van der Waals surface area contributed by atoms with Crippen LogP contribution in [-0.4, -0.2) is 51.8 Å². The lowest BCUT2D eigenvalue weighted by atomic mass is 10.2. The van der Waals surface area contributed by atoms with Gasteiger partial charge in [0.25, 0.3) is 0 Å². The number of rotatable bonds is 5. The normalized spacial score (nSPS) is 14.7. The Morgan fingerprint density at radius 3 is 2.26 bits per heavy atom. The van der Waals surface area contributed by atoms with Crippen LogP contribution >= 0.6 is 0 Å². The van der Waals surface area contributed by atoms with Gasteiger partial charge in [-0.05, 0) is 23.8 Å². The van der Waals surface area contributed by atoms with Gasteiger partial charge in [-0.1, -0.05) is 36.4 Å². The van der Waals surface area contributed by atoms with E-state index in [0.29, 0.717) is 18.8 Å². The summed E-state index contributed by atoms with van der Waals surface area (Å²) in [5, 5.41) is 2.88. The third-order valence-electron chi connectivity index (χ3n) is 4.43. The quantitative estimate of drug-likeness (QED) is 0.822. The molecule has 8 heteroatoms. The minimum Gasteiger partial charge on any atom is -0.368 e. The smallest absolute Gasteiger partial charge is 0.317 e. The second-order valence-corrected chi connectivity index (χ2v) is 8.25. The second kappa shape index (κ2) is 8.30. The summed E-state index contributed by atoms with van der Waals surface area (Å²) in [6.07, 6.45) is 1.11. The Bertz CT molecular complexity index is 879. The van der Waals surface area contributed by atoms with E-state index in [1.54, 1.807) is 23.1 Å². The molecular formula is C19H24N4O3S. The molecule has 2 aromatic rings. The molecule has 144 valence electrons. The molecule has 0 unspecified atom stereocenters. The Morgan fingerprint density at radius 2 is 1.59 bits per heavy atom. The van der Waals surface area contributed by atoms with E-state index in [9.17, 15) is 13.2 Å². The topological polar surface area (TPSA) is 81.8 Å². The molecule has 2 aromatic carbocycles. The molecule has 2 amide bonds. The van der Waals surface area contributed by atoms with Crippen molar-refractivity contribution in [2.75, 3.05) is 42.1 Å². The molecule has 2 N–H and O–H groups in total. The van der Waals surface area contributed by atoms with Gasteiger partial charge in [0.2, 0.25) is 10.0 Å². The zero-order chi connectivity index (χ0) is 19.3. The summed E-state index contributed by atoms with van der Waals surface area (Å²) in [5.74, 6) is 0. The summed E-state index contributed by atoms with van der Waals surface area (Å²) < 4.78 is 25.4. The van der Waals surface area contributed by atoms with Gasteiger partial charge in [-0.3, -0.25) is 4.72 Å². The molecule has 27 heavy (non-hydrogen) atoms. The highest BCUT2D eigenvalue weighted by atomic mass is 32.2. The molecule has 7 nitrogen and oxygen atoms in total. The van der Waals surface area contributed by atoms with E-state index in [0.717, 1.165) is 24.9 Å². The van der Waals surface area contributed by atoms with Crippen molar-refractivity contribution in [1.29, 1.82) is 0 Å². The zero-order valence-corrected chi connectivity index (χ0v) is 16.1. The van der Waals surface area contributed by atoms with E-state index in [1.807, 2.05) is 24.3 Å². The van der Waals surface area contributed by atoms with Crippen molar-refractivity contribution in [3.63, 3.8) is 0 Å². The lowest BCUT2D eigenvalue weighted by Gasteiger charge is -2.36. The first-order chi connectivity index (χ1) is 12.9. The summed E-state index contributed by atoms with van der Waals surface area (Å²) in [7, 11) is -3.37.